The van der Waals surface area contributed by atoms with Crippen molar-refractivity contribution in [3.63, 3.8) is 0 Å². The van der Waals surface area contributed by atoms with Gasteiger partial charge in [-0.2, -0.15) is 0 Å². The summed E-state index contributed by atoms with van der Waals surface area (Å²) in [5.74, 6) is 1.02. The summed E-state index contributed by atoms with van der Waals surface area (Å²) in [6, 6.07) is 15.0. The van der Waals surface area contributed by atoms with E-state index in [0.717, 1.165) is 18.0 Å². The summed E-state index contributed by atoms with van der Waals surface area (Å²) >= 11 is 0. The Morgan fingerprint density at radius 2 is 1.70 bits per heavy atom. The summed E-state index contributed by atoms with van der Waals surface area (Å²) in [6.45, 7) is 0.843. The maximum atomic E-state index is 6.22. The van der Waals surface area contributed by atoms with Crippen LogP contribution in [0.1, 0.15) is 35.6 Å². The number of hydrogen-bond acceptors (Lipinski definition) is 2. The highest BCUT2D eigenvalue weighted by Gasteiger charge is 2.23. The van der Waals surface area contributed by atoms with E-state index in [9.17, 15) is 0 Å². The quantitative estimate of drug-likeness (QED) is 0.837. The van der Waals surface area contributed by atoms with E-state index >= 15 is 0 Å². The first-order chi connectivity index (χ1) is 9.90. The number of aryl methyl sites for hydroxylation is 2. The lowest BCUT2D eigenvalue weighted by atomic mass is 9.90. The average Bonchev–Trinajstić information content (AvgIpc) is 2.53. The maximum Gasteiger partial charge on any atom is 0.143 e. The fraction of sp³-hybridized carbons (Fsp3) is 0.333. The van der Waals surface area contributed by atoms with Crippen LogP contribution in [0.4, 0.5) is 5.69 Å². The minimum absolute atomic E-state index is 0.116. The Morgan fingerprint density at radius 3 is 2.50 bits per heavy atom. The molecule has 1 atom stereocenters. The predicted octanol–water partition coefficient (Wildman–Crippen LogP) is 4.11. The second-order valence-electron chi connectivity index (χ2n) is 5.72. The van der Waals surface area contributed by atoms with E-state index in [1.165, 1.54) is 42.4 Å². The van der Waals surface area contributed by atoms with Crippen molar-refractivity contribution < 1.29 is 4.74 Å². The van der Waals surface area contributed by atoms with Crippen LogP contribution in [0.2, 0.25) is 0 Å². The van der Waals surface area contributed by atoms with Gasteiger partial charge in [0.25, 0.3) is 0 Å². The molecule has 102 valence electrons. The molecule has 1 aliphatic carbocycles. The first-order valence-corrected chi connectivity index (χ1v) is 7.51. The van der Waals surface area contributed by atoms with Gasteiger partial charge in [0.05, 0.1) is 12.2 Å². The van der Waals surface area contributed by atoms with Gasteiger partial charge in [0.2, 0.25) is 0 Å². The highest BCUT2D eigenvalue weighted by atomic mass is 16.5. The van der Waals surface area contributed by atoms with Gasteiger partial charge in [-0.3, -0.25) is 0 Å². The second-order valence-corrected chi connectivity index (χ2v) is 5.72. The molecular weight excluding hydrogens is 246 g/mol. The smallest absolute Gasteiger partial charge is 0.143 e. The zero-order valence-corrected chi connectivity index (χ0v) is 11.6. The second kappa shape index (κ2) is 4.86. The maximum absolute atomic E-state index is 6.22. The molecule has 1 heterocycles. The first-order valence-electron chi connectivity index (χ1n) is 7.51. The molecule has 0 amide bonds. The number of fused-ring (bicyclic) bond motifs is 2. The molecule has 0 fully saturated rings. The molecule has 0 spiro atoms. The van der Waals surface area contributed by atoms with Crippen molar-refractivity contribution in [2.45, 2.75) is 31.8 Å². The molecule has 2 aromatic rings. The predicted molar refractivity (Wildman–Crippen MR) is 81.4 cm³/mol. The normalized spacial score (nSPS) is 20.3. The SMILES string of the molecule is c1ccc(C2CNc3cc4c(cc3O2)CCCC4)cc1. The first kappa shape index (κ1) is 11.8. The third-order valence-corrected chi connectivity index (χ3v) is 4.36. The molecule has 0 radical (unpaired) electrons. The lowest BCUT2D eigenvalue weighted by molar-refractivity contribution is 0.210. The molecule has 2 aliphatic rings. The third-order valence-electron chi connectivity index (χ3n) is 4.36. The highest BCUT2D eigenvalue weighted by molar-refractivity contribution is 5.62. The van der Waals surface area contributed by atoms with Gasteiger partial charge >= 0.3 is 0 Å². The summed E-state index contributed by atoms with van der Waals surface area (Å²) < 4.78 is 6.22. The molecule has 1 N–H and O–H groups in total. The molecule has 2 heteroatoms. The van der Waals surface area contributed by atoms with Crippen molar-refractivity contribution in [1.82, 2.24) is 0 Å². The zero-order chi connectivity index (χ0) is 13.4. The number of rotatable bonds is 1. The number of nitrogens with one attached hydrogen (secondary N) is 1. The van der Waals surface area contributed by atoms with E-state index in [0.29, 0.717) is 0 Å². The van der Waals surface area contributed by atoms with Gasteiger partial charge in [0, 0.05) is 0 Å². The number of hydrogen-bond donors (Lipinski definition) is 1. The van der Waals surface area contributed by atoms with Gasteiger partial charge in [-0.1, -0.05) is 30.3 Å². The highest BCUT2D eigenvalue weighted by Crippen LogP contribution is 2.38. The lowest BCUT2D eigenvalue weighted by Crippen LogP contribution is -2.24. The molecule has 4 rings (SSSR count). The van der Waals surface area contributed by atoms with Gasteiger partial charge in [0.15, 0.2) is 0 Å². The molecule has 0 saturated carbocycles. The topological polar surface area (TPSA) is 21.3 Å². The van der Waals surface area contributed by atoms with Crippen LogP contribution in [-0.4, -0.2) is 6.54 Å². The number of anilines is 1. The van der Waals surface area contributed by atoms with Gasteiger partial charge < -0.3 is 10.1 Å². The number of ether oxygens (including phenoxy) is 1. The molecule has 0 bridgehead atoms. The number of benzene rings is 2. The van der Waals surface area contributed by atoms with Gasteiger partial charge in [0.1, 0.15) is 11.9 Å². The van der Waals surface area contributed by atoms with Gasteiger partial charge in [-0.15, -0.1) is 0 Å². The van der Waals surface area contributed by atoms with Crippen LogP contribution in [-0.2, 0) is 12.8 Å². The van der Waals surface area contributed by atoms with Gasteiger partial charge in [-0.05, 0) is 54.5 Å². The van der Waals surface area contributed by atoms with E-state index in [4.69, 9.17) is 4.74 Å². The van der Waals surface area contributed by atoms with Gasteiger partial charge in [-0.25, -0.2) is 0 Å². The summed E-state index contributed by atoms with van der Waals surface area (Å²) in [5, 5.41) is 3.54. The summed E-state index contributed by atoms with van der Waals surface area (Å²) in [4.78, 5) is 0. The van der Waals surface area contributed by atoms with E-state index in [2.05, 4.69) is 41.7 Å². The van der Waals surface area contributed by atoms with Crippen LogP contribution >= 0.6 is 0 Å². The van der Waals surface area contributed by atoms with Crippen LogP contribution in [0, 0.1) is 0 Å². The van der Waals surface area contributed by atoms with E-state index in [-0.39, 0.29) is 6.10 Å². The largest absolute Gasteiger partial charge is 0.482 e. The fourth-order valence-corrected chi connectivity index (χ4v) is 3.25. The summed E-state index contributed by atoms with van der Waals surface area (Å²) in [5.41, 5.74) is 5.39. The summed E-state index contributed by atoms with van der Waals surface area (Å²) in [6.07, 6.45) is 5.15. The molecule has 0 aromatic heterocycles. The monoisotopic (exact) mass is 265 g/mol. The molecule has 2 aromatic carbocycles. The van der Waals surface area contributed by atoms with Crippen LogP contribution in [0.3, 0.4) is 0 Å². The van der Waals surface area contributed by atoms with Crippen molar-refractivity contribution in [3.8, 4) is 5.75 Å². The van der Waals surface area contributed by atoms with Crippen molar-refractivity contribution in [2.75, 3.05) is 11.9 Å². The van der Waals surface area contributed by atoms with Crippen LogP contribution in [0.15, 0.2) is 42.5 Å². The Morgan fingerprint density at radius 1 is 0.950 bits per heavy atom. The van der Waals surface area contributed by atoms with Crippen molar-refractivity contribution in [3.05, 3.63) is 59.2 Å². The zero-order valence-electron chi connectivity index (χ0n) is 11.6. The Bertz CT molecular complexity index is 621. The molecule has 1 unspecified atom stereocenters. The fourth-order valence-electron chi connectivity index (χ4n) is 3.25. The van der Waals surface area contributed by atoms with Crippen molar-refractivity contribution in [1.29, 1.82) is 0 Å². The summed E-state index contributed by atoms with van der Waals surface area (Å²) in [7, 11) is 0. The van der Waals surface area contributed by atoms with E-state index in [1.807, 2.05) is 6.07 Å². The third kappa shape index (κ3) is 2.05. The Kier molecular flexibility index (Phi) is 2.87. The minimum Gasteiger partial charge on any atom is -0.482 e. The Labute approximate surface area is 119 Å². The van der Waals surface area contributed by atoms with Crippen LogP contribution in [0.5, 0.6) is 5.75 Å². The molecule has 1 aliphatic heterocycles. The van der Waals surface area contributed by atoms with Crippen molar-refractivity contribution in [2.24, 2.45) is 0 Å². The molecule has 20 heavy (non-hydrogen) atoms. The average molecular weight is 265 g/mol. The van der Waals surface area contributed by atoms with Crippen molar-refractivity contribution >= 4 is 5.69 Å². The molecule has 0 saturated heterocycles. The lowest BCUT2D eigenvalue weighted by Gasteiger charge is -2.29. The minimum atomic E-state index is 0.116. The van der Waals surface area contributed by atoms with E-state index < -0.39 is 0 Å². The standard InChI is InChI=1S/C18H19NO/c1-2-6-13(7-3-1)18-12-19-16-10-14-8-4-5-9-15(14)11-17(16)20-18/h1-3,6-7,10-11,18-19H,4-5,8-9,12H2. The molecular formula is C18H19NO. The molecule has 2 nitrogen and oxygen atoms in total. The van der Waals surface area contributed by atoms with Crippen LogP contribution in [0.25, 0.3) is 0 Å². The Hall–Kier alpha value is -1.96. The Balaban J connectivity index is 1.66. The van der Waals surface area contributed by atoms with E-state index in [1.54, 1.807) is 0 Å². The van der Waals surface area contributed by atoms with Crippen LogP contribution < -0.4 is 10.1 Å².